The highest BCUT2D eigenvalue weighted by Gasteiger charge is 2.20. The summed E-state index contributed by atoms with van der Waals surface area (Å²) in [5.74, 6) is 0. The van der Waals surface area contributed by atoms with Gasteiger partial charge in [-0.15, -0.1) is 0 Å². The van der Waals surface area contributed by atoms with Crippen molar-refractivity contribution in [3.8, 4) is 0 Å². The summed E-state index contributed by atoms with van der Waals surface area (Å²) in [6.45, 7) is 12.2. The molecular weight excluding hydrogens is 282 g/mol. The molecule has 0 radical (unpaired) electrons. The second-order valence-electron chi connectivity index (χ2n) is 7.34. The summed E-state index contributed by atoms with van der Waals surface area (Å²) in [5.41, 5.74) is 1.76. The first kappa shape index (κ1) is 20.0. The van der Waals surface area contributed by atoms with Gasteiger partial charge in [0.1, 0.15) is 0 Å². The molecule has 0 aliphatic carbocycles. The summed E-state index contributed by atoms with van der Waals surface area (Å²) in [6.07, 6.45) is 13.9. The highest BCUT2D eigenvalue weighted by Crippen LogP contribution is 2.23. The van der Waals surface area contributed by atoms with E-state index in [-0.39, 0.29) is 0 Å². The molecule has 1 fully saturated rings. The fraction of sp³-hybridized carbons (Fsp3) is 0.900. The van der Waals surface area contributed by atoms with Crippen molar-refractivity contribution in [1.29, 1.82) is 0 Å². The van der Waals surface area contributed by atoms with Crippen LogP contribution in [0.15, 0.2) is 11.6 Å². The van der Waals surface area contributed by atoms with Gasteiger partial charge >= 0.3 is 0 Å². The van der Waals surface area contributed by atoms with E-state index in [2.05, 4.69) is 38.7 Å². The summed E-state index contributed by atoms with van der Waals surface area (Å²) in [7, 11) is -0.544. The largest absolute Gasteiger partial charge is 0.297 e. The molecule has 0 spiro atoms. The Bertz CT molecular complexity index is 284. The summed E-state index contributed by atoms with van der Waals surface area (Å²) in [4.78, 5) is 2.80. The third-order valence-electron chi connectivity index (χ3n) is 5.51. The minimum Gasteiger partial charge on any atom is -0.297 e. The lowest BCUT2D eigenvalue weighted by molar-refractivity contribution is 0.228. The molecule has 2 heteroatoms. The van der Waals surface area contributed by atoms with Gasteiger partial charge in [0.15, 0.2) is 0 Å². The van der Waals surface area contributed by atoms with Gasteiger partial charge in [0.2, 0.25) is 0 Å². The number of rotatable bonds is 8. The molecule has 0 aromatic carbocycles. The molecule has 0 N–H and O–H groups in total. The molecule has 1 saturated heterocycles. The van der Waals surface area contributed by atoms with Crippen molar-refractivity contribution in [2.75, 3.05) is 13.1 Å². The first-order chi connectivity index (χ1) is 10.7. The monoisotopic (exact) mass is 323 g/mol. The average Bonchev–Trinajstić information content (AvgIpc) is 2.66. The van der Waals surface area contributed by atoms with Crippen LogP contribution in [0.25, 0.3) is 0 Å². The fourth-order valence-electron chi connectivity index (χ4n) is 4.10. The summed E-state index contributed by atoms with van der Waals surface area (Å²) >= 11 is 0. The van der Waals surface area contributed by atoms with Crippen LogP contribution in [-0.2, 0) is 0 Å². The molecule has 0 saturated carbocycles. The third kappa shape index (κ3) is 7.46. The van der Waals surface area contributed by atoms with E-state index in [0.717, 1.165) is 0 Å². The van der Waals surface area contributed by atoms with Crippen LogP contribution in [-0.4, -0.2) is 32.8 Å². The first-order valence-corrected chi connectivity index (χ1v) is 12.6. The number of hydrogen-bond acceptors (Lipinski definition) is 1. The van der Waals surface area contributed by atoms with Crippen molar-refractivity contribution in [2.24, 2.45) is 0 Å². The van der Waals surface area contributed by atoms with Crippen molar-refractivity contribution >= 4 is 8.80 Å². The van der Waals surface area contributed by atoms with Crippen molar-refractivity contribution in [3.05, 3.63) is 11.6 Å². The van der Waals surface area contributed by atoms with Crippen LogP contribution in [0.5, 0.6) is 0 Å². The van der Waals surface area contributed by atoms with Gasteiger partial charge in [-0.3, -0.25) is 4.90 Å². The van der Waals surface area contributed by atoms with E-state index in [1.165, 1.54) is 82.6 Å². The normalized spacial score (nSPS) is 20.5. The van der Waals surface area contributed by atoms with Gasteiger partial charge in [-0.25, -0.2) is 0 Å². The Balaban J connectivity index is 2.61. The van der Waals surface area contributed by atoms with Gasteiger partial charge in [-0.1, -0.05) is 76.1 Å². The summed E-state index contributed by atoms with van der Waals surface area (Å²) < 4.78 is 0. The quantitative estimate of drug-likeness (QED) is 0.390. The van der Waals surface area contributed by atoms with Crippen LogP contribution < -0.4 is 0 Å². The van der Waals surface area contributed by atoms with E-state index in [4.69, 9.17) is 0 Å². The molecule has 1 aliphatic rings. The van der Waals surface area contributed by atoms with Crippen molar-refractivity contribution in [3.63, 3.8) is 0 Å². The molecule has 130 valence electrons. The maximum atomic E-state index is 2.80. The Hall–Kier alpha value is -0.0831. The SMILES string of the molecule is CC=C(C[SiH](CCC)CCC)C(C)N1CCCCCCCC1. The Labute approximate surface area is 142 Å². The van der Waals surface area contributed by atoms with Gasteiger partial charge in [0.05, 0.1) is 0 Å². The van der Waals surface area contributed by atoms with Crippen molar-refractivity contribution < 1.29 is 0 Å². The van der Waals surface area contributed by atoms with E-state index < -0.39 is 8.80 Å². The van der Waals surface area contributed by atoms with E-state index in [0.29, 0.717) is 6.04 Å². The molecule has 1 nitrogen and oxygen atoms in total. The molecule has 1 unspecified atom stereocenters. The molecule has 0 aromatic rings. The van der Waals surface area contributed by atoms with Crippen LogP contribution in [0.1, 0.15) is 79.1 Å². The van der Waals surface area contributed by atoms with Gasteiger partial charge in [0, 0.05) is 14.8 Å². The van der Waals surface area contributed by atoms with Gasteiger partial charge in [-0.2, -0.15) is 0 Å². The molecule has 0 amide bonds. The zero-order valence-corrected chi connectivity index (χ0v) is 17.0. The number of nitrogens with zero attached hydrogens (tertiary/aromatic N) is 1. The molecule has 0 bridgehead atoms. The first-order valence-electron chi connectivity index (χ1n) is 10.1. The molecule has 1 heterocycles. The van der Waals surface area contributed by atoms with Crippen LogP contribution in [0, 0.1) is 0 Å². The van der Waals surface area contributed by atoms with Crippen molar-refractivity contribution in [1.82, 2.24) is 4.90 Å². The number of allylic oxidation sites excluding steroid dienone is 1. The highest BCUT2D eigenvalue weighted by atomic mass is 28.3. The predicted octanol–water partition coefficient (Wildman–Crippen LogP) is 6.02. The lowest BCUT2D eigenvalue weighted by Gasteiger charge is -2.32. The molecule has 1 rings (SSSR count). The van der Waals surface area contributed by atoms with Crippen LogP contribution in [0.4, 0.5) is 0 Å². The van der Waals surface area contributed by atoms with Crippen LogP contribution in [0.3, 0.4) is 0 Å². The number of hydrogen-bond donors (Lipinski definition) is 0. The zero-order chi connectivity index (χ0) is 16.2. The van der Waals surface area contributed by atoms with Crippen LogP contribution >= 0.6 is 0 Å². The molecule has 1 aliphatic heterocycles. The smallest absolute Gasteiger partial charge is 0.0409 e. The highest BCUT2D eigenvalue weighted by molar-refractivity contribution is 6.59. The van der Waals surface area contributed by atoms with Crippen molar-refractivity contribution in [2.45, 2.75) is 103 Å². The minimum absolute atomic E-state index is 0.544. The maximum Gasteiger partial charge on any atom is 0.0409 e. The molecule has 22 heavy (non-hydrogen) atoms. The summed E-state index contributed by atoms with van der Waals surface area (Å²) in [6, 6.07) is 5.23. The van der Waals surface area contributed by atoms with Gasteiger partial charge in [0.25, 0.3) is 0 Å². The zero-order valence-electron chi connectivity index (χ0n) is 15.9. The Kier molecular flexibility index (Phi) is 11.2. The summed E-state index contributed by atoms with van der Waals surface area (Å²) in [5, 5.41) is 0. The van der Waals surface area contributed by atoms with E-state index in [1.807, 2.05) is 0 Å². The second-order valence-corrected chi connectivity index (χ2v) is 10.6. The van der Waals surface area contributed by atoms with Gasteiger partial charge in [-0.05, 0) is 45.8 Å². The Morgan fingerprint density at radius 3 is 1.91 bits per heavy atom. The van der Waals surface area contributed by atoms with E-state index in [9.17, 15) is 0 Å². The topological polar surface area (TPSA) is 3.24 Å². The minimum atomic E-state index is -0.544. The van der Waals surface area contributed by atoms with E-state index >= 15 is 0 Å². The van der Waals surface area contributed by atoms with Crippen LogP contribution in [0.2, 0.25) is 18.1 Å². The standard InChI is InChI=1S/C20H41NSi/c1-5-16-22(17-6-2)18-20(7-3)19(4)21-14-12-10-8-9-11-13-15-21/h7,19,22H,5-6,8-18H2,1-4H3. The Morgan fingerprint density at radius 1 is 0.955 bits per heavy atom. The Morgan fingerprint density at radius 2 is 1.45 bits per heavy atom. The second kappa shape index (κ2) is 12.4. The molecule has 0 aromatic heterocycles. The van der Waals surface area contributed by atoms with Gasteiger partial charge < -0.3 is 0 Å². The fourth-order valence-corrected chi connectivity index (χ4v) is 7.67. The predicted molar refractivity (Wildman–Crippen MR) is 105 cm³/mol. The molecule has 1 atom stereocenters. The lowest BCUT2D eigenvalue weighted by atomic mass is 10.1. The third-order valence-corrected chi connectivity index (χ3v) is 9.35. The maximum absolute atomic E-state index is 2.80. The average molecular weight is 324 g/mol. The molecular formula is C20H41NSi. The lowest BCUT2D eigenvalue weighted by Crippen LogP contribution is -2.37. The van der Waals surface area contributed by atoms with E-state index in [1.54, 1.807) is 5.57 Å².